The number of morpholine rings is 1. The molecule has 5 aromatic rings. The Morgan fingerprint density at radius 2 is 1.61 bits per heavy atom. The number of ether oxygens (including phenoxy) is 4. The van der Waals surface area contributed by atoms with Crippen LogP contribution in [0.5, 0.6) is 23.1 Å². The molecule has 1 fully saturated rings. The number of methoxy groups -OCH3 is 2. The number of hydrogen-bond donors (Lipinski definition) is 2. The van der Waals surface area contributed by atoms with Crippen LogP contribution in [0.1, 0.15) is 11.1 Å². The number of benzene rings is 4. The van der Waals surface area contributed by atoms with Gasteiger partial charge in [0.2, 0.25) is 5.88 Å². The van der Waals surface area contributed by atoms with Crippen LogP contribution in [0.3, 0.4) is 0 Å². The van der Waals surface area contributed by atoms with E-state index in [1.165, 1.54) is 32.7 Å². The lowest BCUT2D eigenvalue weighted by Crippen LogP contribution is -2.36. The van der Waals surface area contributed by atoms with E-state index < -0.39 is 17.8 Å². The molecule has 4 aromatic carbocycles. The number of halogens is 3. The second-order valence-corrected chi connectivity index (χ2v) is 10.5. The smallest absolute Gasteiger partial charge is 0.416 e. The van der Waals surface area contributed by atoms with Crippen molar-refractivity contribution in [2.75, 3.05) is 51.2 Å². The summed E-state index contributed by atoms with van der Waals surface area (Å²) in [4.78, 5) is 23.6. The van der Waals surface area contributed by atoms with E-state index in [0.29, 0.717) is 70.9 Å². The summed E-state index contributed by atoms with van der Waals surface area (Å²) in [5, 5.41) is 7.20. The zero-order valence-corrected chi connectivity index (χ0v) is 25.0. The van der Waals surface area contributed by atoms with Crippen LogP contribution in [0.4, 0.5) is 29.3 Å². The number of hydrogen-bond acceptors (Lipinski definition) is 8. The number of fused-ring (bicyclic) bond motifs is 2. The Balaban J connectivity index is 1.23. The van der Waals surface area contributed by atoms with E-state index in [4.69, 9.17) is 18.9 Å². The van der Waals surface area contributed by atoms with Crippen molar-refractivity contribution in [3.8, 4) is 23.1 Å². The highest BCUT2D eigenvalue weighted by atomic mass is 19.4. The van der Waals surface area contributed by atoms with Gasteiger partial charge < -0.3 is 29.6 Å². The van der Waals surface area contributed by atoms with Crippen molar-refractivity contribution in [1.29, 1.82) is 0 Å². The highest BCUT2D eigenvalue weighted by Gasteiger charge is 2.34. The average Bonchev–Trinajstić information content (AvgIpc) is 3.06. The van der Waals surface area contributed by atoms with Crippen molar-refractivity contribution in [2.45, 2.75) is 12.7 Å². The summed E-state index contributed by atoms with van der Waals surface area (Å²) in [5.74, 6) is 1.74. The van der Waals surface area contributed by atoms with Gasteiger partial charge in [0.15, 0.2) is 11.5 Å². The Morgan fingerprint density at radius 3 is 2.35 bits per heavy atom. The van der Waals surface area contributed by atoms with Crippen LogP contribution >= 0.6 is 0 Å². The number of urea groups is 1. The maximum Gasteiger partial charge on any atom is 0.416 e. The average molecular weight is 634 g/mol. The lowest BCUT2D eigenvalue weighted by molar-refractivity contribution is -0.138. The van der Waals surface area contributed by atoms with Crippen LogP contribution < -0.4 is 24.8 Å². The number of amides is 2. The number of carbonyl (C=O) groups is 1. The molecule has 1 aromatic heterocycles. The molecule has 1 aliphatic rings. The molecule has 0 saturated carbocycles. The predicted molar refractivity (Wildman–Crippen MR) is 167 cm³/mol. The number of nitrogens with one attached hydrogen (secondary N) is 2. The standard InChI is InChI=1S/C33H30F3N5O5/c1-43-29-16-24-27(17-30(29)44-2)37-19-38-31(24)46-28-10-9-26(22-5-3-4-6-23(22)28)40-32(42)39-21-8-7-20(25(15-21)33(34,35)36)18-41-11-13-45-14-12-41/h3-10,15-17,19H,11-14,18H2,1-2H3,(H2,39,40,42). The van der Waals surface area contributed by atoms with E-state index >= 15 is 0 Å². The Kier molecular flexibility index (Phi) is 8.77. The molecule has 1 aliphatic heterocycles. The van der Waals surface area contributed by atoms with Gasteiger partial charge in [-0.15, -0.1) is 0 Å². The molecule has 13 heteroatoms. The van der Waals surface area contributed by atoms with Crippen molar-refractivity contribution in [1.82, 2.24) is 14.9 Å². The first kappa shape index (κ1) is 30.9. The van der Waals surface area contributed by atoms with Crippen LogP contribution in [0.2, 0.25) is 0 Å². The van der Waals surface area contributed by atoms with Gasteiger partial charge in [0.05, 0.1) is 49.6 Å². The summed E-state index contributed by atoms with van der Waals surface area (Å²) in [5.41, 5.74) is 0.375. The van der Waals surface area contributed by atoms with Crippen LogP contribution in [0, 0.1) is 0 Å². The molecular weight excluding hydrogens is 603 g/mol. The fourth-order valence-corrected chi connectivity index (χ4v) is 5.36. The molecule has 46 heavy (non-hydrogen) atoms. The number of carbonyl (C=O) groups excluding carboxylic acids is 1. The lowest BCUT2D eigenvalue weighted by atomic mass is 10.0. The van der Waals surface area contributed by atoms with Gasteiger partial charge in [-0.25, -0.2) is 14.8 Å². The van der Waals surface area contributed by atoms with Gasteiger partial charge in [0.25, 0.3) is 0 Å². The predicted octanol–water partition coefficient (Wildman–Crippen LogP) is 7.09. The van der Waals surface area contributed by atoms with E-state index in [1.54, 1.807) is 36.4 Å². The van der Waals surface area contributed by atoms with Crippen LogP contribution in [-0.4, -0.2) is 61.4 Å². The maximum atomic E-state index is 14.0. The molecule has 0 unspecified atom stereocenters. The van der Waals surface area contributed by atoms with Crippen molar-refractivity contribution < 1.29 is 36.9 Å². The fourth-order valence-electron chi connectivity index (χ4n) is 5.36. The highest BCUT2D eigenvalue weighted by Crippen LogP contribution is 2.39. The molecule has 6 rings (SSSR count). The van der Waals surface area contributed by atoms with Gasteiger partial charge in [-0.3, -0.25) is 4.90 Å². The van der Waals surface area contributed by atoms with Gasteiger partial charge in [0, 0.05) is 42.2 Å². The summed E-state index contributed by atoms with van der Waals surface area (Å²) < 4.78 is 64.3. The maximum absolute atomic E-state index is 14.0. The first-order valence-corrected chi connectivity index (χ1v) is 14.4. The highest BCUT2D eigenvalue weighted by molar-refractivity contribution is 6.07. The van der Waals surface area contributed by atoms with Crippen molar-refractivity contribution >= 4 is 39.1 Å². The van der Waals surface area contributed by atoms with Gasteiger partial charge in [0.1, 0.15) is 12.1 Å². The number of rotatable bonds is 8. The second kappa shape index (κ2) is 13.1. The third-order valence-corrected chi connectivity index (χ3v) is 7.61. The minimum Gasteiger partial charge on any atom is -0.493 e. The monoisotopic (exact) mass is 633 g/mol. The minimum absolute atomic E-state index is 0.0162. The first-order chi connectivity index (χ1) is 22.2. The van der Waals surface area contributed by atoms with Crippen molar-refractivity contribution in [3.63, 3.8) is 0 Å². The molecule has 2 heterocycles. The normalized spacial score (nSPS) is 13.8. The van der Waals surface area contributed by atoms with Gasteiger partial charge in [-0.2, -0.15) is 13.2 Å². The van der Waals surface area contributed by atoms with E-state index in [1.807, 2.05) is 17.0 Å². The van der Waals surface area contributed by atoms with Crippen LogP contribution in [0.25, 0.3) is 21.7 Å². The third kappa shape index (κ3) is 6.60. The summed E-state index contributed by atoms with van der Waals surface area (Å²) in [6, 6.07) is 17.1. The fraction of sp³-hybridized carbons (Fsp3) is 0.242. The molecule has 10 nitrogen and oxygen atoms in total. The third-order valence-electron chi connectivity index (χ3n) is 7.61. The minimum atomic E-state index is -4.59. The van der Waals surface area contributed by atoms with Gasteiger partial charge in [-0.1, -0.05) is 30.3 Å². The van der Waals surface area contributed by atoms with Crippen LogP contribution in [-0.2, 0) is 17.5 Å². The molecule has 2 N–H and O–H groups in total. The largest absolute Gasteiger partial charge is 0.493 e. The second-order valence-electron chi connectivity index (χ2n) is 10.5. The molecule has 2 amide bonds. The number of alkyl halides is 3. The van der Waals surface area contributed by atoms with Crippen molar-refractivity contribution in [2.24, 2.45) is 0 Å². The molecule has 0 spiro atoms. The van der Waals surface area contributed by atoms with Crippen molar-refractivity contribution in [3.05, 3.63) is 84.2 Å². The van der Waals surface area contributed by atoms with E-state index in [9.17, 15) is 18.0 Å². The van der Waals surface area contributed by atoms with E-state index in [0.717, 1.165) is 6.07 Å². The Bertz CT molecular complexity index is 1900. The summed E-state index contributed by atoms with van der Waals surface area (Å²) in [6.07, 6.45) is -3.21. The van der Waals surface area contributed by atoms with E-state index in [-0.39, 0.29) is 23.7 Å². The molecular formula is C33H30F3N5O5. The Morgan fingerprint density at radius 1 is 0.870 bits per heavy atom. The zero-order valence-electron chi connectivity index (χ0n) is 25.0. The molecule has 0 atom stereocenters. The number of nitrogens with zero attached hydrogens (tertiary/aromatic N) is 3. The summed E-state index contributed by atoms with van der Waals surface area (Å²) in [7, 11) is 3.06. The number of aromatic nitrogens is 2. The first-order valence-electron chi connectivity index (χ1n) is 14.4. The quantitative estimate of drug-likeness (QED) is 0.187. The zero-order chi connectivity index (χ0) is 32.3. The topological polar surface area (TPSA) is 107 Å². The summed E-state index contributed by atoms with van der Waals surface area (Å²) in [6.45, 7) is 2.20. The molecule has 0 radical (unpaired) electrons. The summed E-state index contributed by atoms with van der Waals surface area (Å²) >= 11 is 0. The Hall–Kier alpha value is -5.14. The molecule has 0 aliphatic carbocycles. The molecule has 1 saturated heterocycles. The van der Waals surface area contributed by atoms with E-state index in [2.05, 4.69) is 20.6 Å². The van der Waals surface area contributed by atoms with Gasteiger partial charge in [-0.05, 0) is 35.9 Å². The van der Waals surface area contributed by atoms with Gasteiger partial charge >= 0.3 is 12.2 Å². The lowest BCUT2D eigenvalue weighted by Gasteiger charge is -2.27. The molecule has 238 valence electrons. The SMILES string of the molecule is COc1cc2ncnc(Oc3ccc(NC(=O)Nc4ccc(CN5CCOCC5)c(C(F)(F)F)c4)c4ccccc34)c2cc1OC. The van der Waals surface area contributed by atoms with Crippen LogP contribution in [0.15, 0.2) is 73.1 Å². The molecule has 0 bridgehead atoms. The Labute approximate surface area is 262 Å². The number of anilines is 2.